The smallest absolute Gasteiger partial charge is 0.324 e. The Morgan fingerprint density at radius 3 is 2.74 bits per heavy atom. The second kappa shape index (κ2) is 6.35. The summed E-state index contributed by atoms with van der Waals surface area (Å²) < 4.78 is 2.53. The fourth-order valence-corrected chi connectivity index (χ4v) is 3.13. The van der Waals surface area contributed by atoms with E-state index in [0.29, 0.717) is 5.65 Å². The summed E-state index contributed by atoms with van der Waals surface area (Å²) in [4.78, 5) is 29.4. The number of fused-ring (bicyclic) bond motifs is 3. The van der Waals surface area contributed by atoms with E-state index in [4.69, 9.17) is 0 Å². The number of anilines is 1. The van der Waals surface area contributed by atoms with Crippen molar-refractivity contribution in [3.05, 3.63) is 69.9 Å². The van der Waals surface area contributed by atoms with E-state index >= 15 is 0 Å². The van der Waals surface area contributed by atoms with Crippen molar-refractivity contribution in [2.45, 2.75) is 27.3 Å². The van der Waals surface area contributed by atoms with Crippen LogP contribution in [0.4, 0.5) is 5.69 Å². The summed E-state index contributed by atoms with van der Waals surface area (Å²) >= 11 is 0. The van der Waals surface area contributed by atoms with Gasteiger partial charge in [-0.1, -0.05) is 24.3 Å². The van der Waals surface area contributed by atoms with E-state index in [1.54, 1.807) is 0 Å². The number of hydrogen-bond donors (Lipinski definition) is 1. The summed E-state index contributed by atoms with van der Waals surface area (Å²) in [6, 6.07) is 11.6. The minimum atomic E-state index is -0.392. The largest absolute Gasteiger partial charge is 0.352 e. The molecule has 2 heterocycles. The Hall–Kier alpha value is -3.48. The van der Waals surface area contributed by atoms with E-state index in [9.17, 15) is 9.59 Å². The molecule has 7 heteroatoms. The van der Waals surface area contributed by atoms with Crippen LogP contribution < -0.4 is 11.0 Å². The zero-order valence-electron chi connectivity index (χ0n) is 15.4. The van der Waals surface area contributed by atoms with Gasteiger partial charge >= 0.3 is 5.69 Å². The Bertz CT molecular complexity index is 1250. The van der Waals surface area contributed by atoms with Gasteiger partial charge in [0.05, 0.1) is 5.52 Å². The van der Waals surface area contributed by atoms with Gasteiger partial charge in [-0.15, -0.1) is 5.10 Å². The van der Waals surface area contributed by atoms with Crippen LogP contribution in [-0.4, -0.2) is 25.1 Å². The van der Waals surface area contributed by atoms with E-state index < -0.39 is 5.69 Å². The van der Waals surface area contributed by atoms with E-state index in [1.165, 1.54) is 15.4 Å². The van der Waals surface area contributed by atoms with Gasteiger partial charge in [0.2, 0.25) is 5.91 Å². The van der Waals surface area contributed by atoms with Crippen molar-refractivity contribution in [1.82, 2.24) is 19.2 Å². The molecular weight excluding hydrogens is 342 g/mol. The number of rotatable bonds is 3. The third kappa shape index (κ3) is 2.97. The van der Waals surface area contributed by atoms with E-state index in [1.807, 2.05) is 57.2 Å². The summed E-state index contributed by atoms with van der Waals surface area (Å²) in [6.45, 7) is 5.67. The molecule has 2 aromatic heterocycles. The van der Waals surface area contributed by atoms with Crippen LogP contribution in [0.1, 0.15) is 16.7 Å². The van der Waals surface area contributed by atoms with Crippen LogP contribution in [-0.2, 0) is 11.3 Å². The first-order chi connectivity index (χ1) is 12.9. The summed E-state index contributed by atoms with van der Waals surface area (Å²) in [6.07, 6.45) is 1.46. The van der Waals surface area contributed by atoms with Gasteiger partial charge in [0.1, 0.15) is 12.9 Å². The Kier molecular flexibility index (Phi) is 3.99. The molecule has 0 saturated heterocycles. The fraction of sp³-hybridized carbons (Fsp3) is 0.200. The fourth-order valence-electron chi connectivity index (χ4n) is 3.13. The molecular formula is C20H19N5O2. The van der Waals surface area contributed by atoms with Crippen molar-refractivity contribution in [3.63, 3.8) is 0 Å². The molecule has 0 unspecified atom stereocenters. The molecule has 0 aliphatic rings. The molecule has 1 amide bonds. The maximum Gasteiger partial charge on any atom is 0.352 e. The number of carbonyl (C=O) groups excluding carboxylic acids is 1. The highest BCUT2D eigenvalue weighted by Gasteiger charge is 2.14. The number of aryl methyl sites for hydroxylation is 3. The third-order valence-corrected chi connectivity index (χ3v) is 4.61. The van der Waals surface area contributed by atoms with Crippen LogP contribution in [0.5, 0.6) is 0 Å². The van der Waals surface area contributed by atoms with Crippen LogP contribution in [0.25, 0.3) is 16.6 Å². The predicted octanol–water partition coefficient (Wildman–Crippen LogP) is 2.61. The van der Waals surface area contributed by atoms with Crippen LogP contribution in [0.2, 0.25) is 0 Å². The van der Waals surface area contributed by atoms with E-state index in [2.05, 4.69) is 15.4 Å². The number of nitrogens with one attached hydrogen (secondary N) is 1. The summed E-state index contributed by atoms with van der Waals surface area (Å²) in [5.41, 5.74) is 4.65. The predicted molar refractivity (Wildman–Crippen MR) is 104 cm³/mol. The number of nitrogens with zero attached hydrogens (tertiary/aromatic N) is 4. The molecule has 0 fully saturated rings. The number of hydrogen-bond acceptors (Lipinski definition) is 4. The standard InChI is InChI=1S/C20H19N5O2/c1-12-7-8-13(2)16(9-12)22-17(26)10-25-20(27)24-11-21-18-14(3)5-4-6-15(18)19(24)23-25/h4-9,11H,10H2,1-3H3,(H,22,26). The normalized spacial score (nSPS) is 11.2. The molecule has 0 saturated carbocycles. The molecule has 2 aromatic carbocycles. The second-order valence-electron chi connectivity index (χ2n) is 6.72. The Morgan fingerprint density at radius 2 is 1.93 bits per heavy atom. The van der Waals surface area contributed by atoms with Crippen molar-refractivity contribution in [2.75, 3.05) is 5.32 Å². The SMILES string of the molecule is Cc1ccc(C)c(NC(=O)Cn2nc3c4cccc(C)c4ncn3c2=O)c1. The minimum absolute atomic E-state index is 0.165. The van der Waals surface area contributed by atoms with Crippen LogP contribution in [0.15, 0.2) is 47.5 Å². The average Bonchev–Trinajstić information content (AvgIpc) is 2.95. The van der Waals surface area contributed by atoms with Crippen molar-refractivity contribution in [2.24, 2.45) is 0 Å². The van der Waals surface area contributed by atoms with Gasteiger partial charge in [0.15, 0.2) is 5.65 Å². The van der Waals surface area contributed by atoms with E-state index in [-0.39, 0.29) is 12.5 Å². The lowest BCUT2D eigenvalue weighted by Crippen LogP contribution is -2.28. The molecule has 0 aliphatic carbocycles. The molecule has 27 heavy (non-hydrogen) atoms. The van der Waals surface area contributed by atoms with Gasteiger partial charge < -0.3 is 5.32 Å². The van der Waals surface area contributed by atoms with Gasteiger partial charge in [-0.05, 0) is 49.6 Å². The number of carbonyl (C=O) groups is 1. The molecule has 136 valence electrons. The summed E-state index contributed by atoms with van der Waals surface area (Å²) in [5.74, 6) is -0.303. The van der Waals surface area contributed by atoms with Crippen molar-refractivity contribution in [1.29, 1.82) is 0 Å². The lowest BCUT2D eigenvalue weighted by atomic mass is 10.1. The van der Waals surface area contributed by atoms with Gasteiger partial charge in [0, 0.05) is 11.1 Å². The van der Waals surface area contributed by atoms with Crippen molar-refractivity contribution in [3.8, 4) is 0 Å². The highest BCUT2D eigenvalue weighted by Crippen LogP contribution is 2.19. The van der Waals surface area contributed by atoms with Gasteiger partial charge in [0.25, 0.3) is 0 Å². The number of amides is 1. The zero-order chi connectivity index (χ0) is 19.1. The number of benzene rings is 2. The highest BCUT2D eigenvalue weighted by atomic mass is 16.2. The molecule has 0 bridgehead atoms. The Labute approximate surface area is 155 Å². The maximum absolute atomic E-state index is 12.6. The summed E-state index contributed by atoms with van der Waals surface area (Å²) in [7, 11) is 0. The Balaban J connectivity index is 1.70. The van der Waals surface area contributed by atoms with E-state index in [0.717, 1.165) is 33.3 Å². The molecule has 4 aromatic rings. The maximum atomic E-state index is 12.6. The molecule has 0 aliphatic heterocycles. The van der Waals surface area contributed by atoms with Gasteiger partial charge in [-0.2, -0.15) is 0 Å². The van der Waals surface area contributed by atoms with Gasteiger partial charge in [-0.3, -0.25) is 4.79 Å². The molecule has 7 nitrogen and oxygen atoms in total. The third-order valence-electron chi connectivity index (χ3n) is 4.61. The lowest BCUT2D eigenvalue weighted by Gasteiger charge is -2.08. The average molecular weight is 361 g/mol. The monoisotopic (exact) mass is 361 g/mol. The van der Waals surface area contributed by atoms with Crippen LogP contribution in [0, 0.1) is 20.8 Å². The topological polar surface area (TPSA) is 81.3 Å². The first-order valence-electron chi connectivity index (χ1n) is 8.64. The lowest BCUT2D eigenvalue weighted by molar-refractivity contribution is -0.117. The second-order valence-corrected chi connectivity index (χ2v) is 6.72. The molecule has 0 spiro atoms. The minimum Gasteiger partial charge on any atom is -0.324 e. The van der Waals surface area contributed by atoms with Crippen LogP contribution >= 0.6 is 0 Å². The van der Waals surface area contributed by atoms with Crippen LogP contribution in [0.3, 0.4) is 0 Å². The number of para-hydroxylation sites is 1. The first-order valence-corrected chi connectivity index (χ1v) is 8.64. The Morgan fingerprint density at radius 1 is 1.11 bits per heavy atom. The molecule has 0 radical (unpaired) electrons. The zero-order valence-corrected chi connectivity index (χ0v) is 15.4. The highest BCUT2D eigenvalue weighted by molar-refractivity contribution is 5.93. The summed E-state index contributed by atoms with van der Waals surface area (Å²) in [5, 5.41) is 8.00. The molecule has 4 rings (SSSR count). The van der Waals surface area contributed by atoms with Gasteiger partial charge in [-0.25, -0.2) is 18.9 Å². The first kappa shape index (κ1) is 17.0. The van der Waals surface area contributed by atoms with Crippen molar-refractivity contribution >= 4 is 28.1 Å². The molecule has 0 atom stereocenters. The molecule has 1 N–H and O–H groups in total. The number of aromatic nitrogens is 4. The van der Waals surface area contributed by atoms with Crippen molar-refractivity contribution < 1.29 is 4.79 Å². The quantitative estimate of drug-likeness (QED) is 0.608.